The average molecular weight is 535 g/mol. The van der Waals surface area contributed by atoms with Crippen molar-refractivity contribution in [2.24, 2.45) is 0 Å². The van der Waals surface area contributed by atoms with Crippen LogP contribution in [0.15, 0.2) is 59.5 Å². The number of hydrogen-bond acceptors (Lipinski definition) is 7. The number of carbonyl (C=O) groups is 1. The zero-order valence-corrected chi connectivity index (χ0v) is 22.7. The predicted molar refractivity (Wildman–Crippen MR) is 140 cm³/mol. The van der Waals surface area contributed by atoms with E-state index >= 15 is 0 Å². The lowest BCUT2D eigenvalue weighted by atomic mass is 10.0. The number of ether oxygens (including phenoxy) is 3. The molecule has 1 saturated heterocycles. The number of aliphatic hydroxyl groups is 1. The molecule has 0 spiro atoms. The Hall–Kier alpha value is -2.66. The lowest BCUT2D eigenvalue weighted by Crippen LogP contribution is -2.52. The summed E-state index contributed by atoms with van der Waals surface area (Å²) in [5.41, 5.74) is 0.155. The van der Waals surface area contributed by atoms with Crippen molar-refractivity contribution in [1.82, 2.24) is 9.62 Å². The standard InChI is InChI=1S/C27H38N2O7S/c1-27(2,3)36-26(31)28-24(17-20-9-6-5-7-10-20)25(30)19-29(18-22-11-8-16-35-22)37(32,33)23-14-12-21(34-4)13-15-23/h5-7,9-10,12-15,22,24-25,30H,8,11,16-19H2,1-4H3,(H,28,31)/t22-,24+,25-/m1/s1. The molecular formula is C27H38N2O7S. The Balaban J connectivity index is 1.86. The molecule has 204 valence electrons. The zero-order chi connectivity index (χ0) is 27.1. The van der Waals surface area contributed by atoms with Crippen LogP contribution in [-0.2, 0) is 25.9 Å². The molecule has 10 heteroatoms. The van der Waals surface area contributed by atoms with Crippen molar-refractivity contribution < 1.29 is 32.5 Å². The van der Waals surface area contributed by atoms with E-state index in [9.17, 15) is 18.3 Å². The van der Waals surface area contributed by atoms with Crippen molar-refractivity contribution in [3.63, 3.8) is 0 Å². The number of nitrogens with zero attached hydrogens (tertiary/aromatic N) is 1. The van der Waals surface area contributed by atoms with E-state index in [1.807, 2.05) is 30.3 Å². The van der Waals surface area contributed by atoms with Crippen LogP contribution in [0.3, 0.4) is 0 Å². The summed E-state index contributed by atoms with van der Waals surface area (Å²) in [4.78, 5) is 12.7. The topological polar surface area (TPSA) is 114 Å². The van der Waals surface area contributed by atoms with Gasteiger partial charge < -0.3 is 24.6 Å². The van der Waals surface area contributed by atoms with Gasteiger partial charge in [-0.1, -0.05) is 30.3 Å². The van der Waals surface area contributed by atoms with E-state index in [0.717, 1.165) is 18.4 Å². The summed E-state index contributed by atoms with van der Waals surface area (Å²) in [6.45, 7) is 5.68. The Labute approximate surface area is 219 Å². The molecule has 3 atom stereocenters. The van der Waals surface area contributed by atoms with Crippen molar-refractivity contribution in [2.75, 3.05) is 26.8 Å². The van der Waals surface area contributed by atoms with Gasteiger partial charge in [0.15, 0.2) is 0 Å². The minimum Gasteiger partial charge on any atom is -0.497 e. The molecule has 2 aromatic carbocycles. The van der Waals surface area contributed by atoms with E-state index in [1.54, 1.807) is 32.9 Å². The molecule has 1 fully saturated rings. The maximum Gasteiger partial charge on any atom is 0.407 e. The predicted octanol–water partition coefficient (Wildman–Crippen LogP) is 3.36. The summed E-state index contributed by atoms with van der Waals surface area (Å²) < 4.78 is 44.8. The van der Waals surface area contributed by atoms with E-state index in [1.165, 1.54) is 23.5 Å². The van der Waals surface area contributed by atoms with E-state index in [4.69, 9.17) is 14.2 Å². The number of benzene rings is 2. The fourth-order valence-electron chi connectivity index (χ4n) is 4.13. The number of alkyl carbamates (subject to hydrolysis) is 1. The normalized spacial score (nSPS) is 17.8. The third-order valence-corrected chi connectivity index (χ3v) is 7.83. The first-order valence-electron chi connectivity index (χ1n) is 12.5. The molecule has 1 amide bonds. The number of methoxy groups -OCH3 is 1. The number of aliphatic hydroxyl groups excluding tert-OH is 1. The first-order valence-corrected chi connectivity index (χ1v) is 13.9. The number of sulfonamides is 1. The molecule has 1 aliphatic rings. The highest BCUT2D eigenvalue weighted by atomic mass is 32.2. The van der Waals surface area contributed by atoms with Crippen LogP contribution in [0.2, 0.25) is 0 Å². The van der Waals surface area contributed by atoms with Crippen LogP contribution in [-0.4, -0.2) is 74.6 Å². The summed E-state index contributed by atoms with van der Waals surface area (Å²) in [5, 5.41) is 14.1. The highest BCUT2D eigenvalue weighted by Crippen LogP contribution is 2.23. The van der Waals surface area contributed by atoms with E-state index in [2.05, 4.69) is 5.32 Å². The summed E-state index contributed by atoms with van der Waals surface area (Å²) in [5.74, 6) is 0.536. The van der Waals surface area contributed by atoms with Gasteiger partial charge in [-0.05, 0) is 69.9 Å². The van der Waals surface area contributed by atoms with Gasteiger partial charge in [0.2, 0.25) is 10.0 Å². The quantitative estimate of drug-likeness (QED) is 0.454. The Morgan fingerprint density at radius 1 is 1.16 bits per heavy atom. The Morgan fingerprint density at radius 3 is 2.41 bits per heavy atom. The monoisotopic (exact) mass is 534 g/mol. The first-order chi connectivity index (χ1) is 17.5. The van der Waals surface area contributed by atoms with Gasteiger partial charge in [-0.15, -0.1) is 0 Å². The maximum atomic E-state index is 13.7. The number of rotatable bonds is 11. The van der Waals surface area contributed by atoms with Gasteiger partial charge in [-0.25, -0.2) is 13.2 Å². The Bertz CT molecular complexity index is 1100. The van der Waals surface area contributed by atoms with Gasteiger partial charge in [0.25, 0.3) is 0 Å². The average Bonchev–Trinajstić information content (AvgIpc) is 3.36. The summed E-state index contributed by atoms with van der Waals surface area (Å²) in [6, 6.07) is 14.7. The number of hydrogen-bond donors (Lipinski definition) is 2. The molecule has 1 aliphatic heterocycles. The van der Waals surface area contributed by atoms with E-state index < -0.39 is 33.9 Å². The summed E-state index contributed by atoms with van der Waals surface area (Å²) in [7, 11) is -2.47. The Morgan fingerprint density at radius 2 is 1.84 bits per heavy atom. The van der Waals surface area contributed by atoms with E-state index in [-0.39, 0.29) is 30.5 Å². The van der Waals surface area contributed by atoms with Gasteiger partial charge in [-0.3, -0.25) is 0 Å². The number of amides is 1. The second-order valence-electron chi connectivity index (χ2n) is 10.1. The molecule has 9 nitrogen and oxygen atoms in total. The van der Waals surface area contributed by atoms with Crippen LogP contribution >= 0.6 is 0 Å². The van der Waals surface area contributed by atoms with Crippen molar-refractivity contribution in [2.45, 2.75) is 68.8 Å². The molecule has 3 rings (SSSR count). The SMILES string of the molecule is COc1ccc(S(=O)(=O)N(C[C@H]2CCCO2)C[C@@H](O)[C@H](Cc2ccccc2)NC(=O)OC(C)(C)C)cc1. The third kappa shape index (κ3) is 8.70. The van der Waals surface area contributed by atoms with Crippen LogP contribution in [0.1, 0.15) is 39.2 Å². The molecule has 0 saturated carbocycles. The van der Waals surface area contributed by atoms with Gasteiger partial charge in [0.05, 0.1) is 30.3 Å². The van der Waals surface area contributed by atoms with Crippen LogP contribution in [0.5, 0.6) is 5.75 Å². The van der Waals surface area contributed by atoms with Gasteiger partial charge in [0.1, 0.15) is 11.4 Å². The highest BCUT2D eigenvalue weighted by molar-refractivity contribution is 7.89. The minimum absolute atomic E-state index is 0.0817. The number of nitrogens with one attached hydrogen (secondary N) is 1. The largest absolute Gasteiger partial charge is 0.497 e. The van der Waals surface area contributed by atoms with Crippen molar-refractivity contribution in [3.05, 3.63) is 60.2 Å². The van der Waals surface area contributed by atoms with Crippen molar-refractivity contribution in [1.29, 1.82) is 0 Å². The second kappa shape index (κ2) is 12.7. The second-order valence-corrected chi connectivity index (χ2v) is 12.1. The van der Waals surface area contributed by atoms with Crippen LogP contribution in [0, 0.1) is 0 Å². The maximum absolute atomic E-state index is 13.7. The molecule has 0 unspecified atom stereocenters. The van der Waals surface area contributed by atoms with Crippen LogP contribution in [0.25, 0.3) is 0 Å². The van der Waals surface area contributed by atoms with Gasteiger partial charge in [-0.2, -0.15) is 4.31 Å². The molecule has 37 heavy (non-hydrogen) atoms. The van der Waals surface area contributed by atoms with Gasteiger partial charge in [0, 0.05) is 19.7 Å². The smallest absolute Gasteiger partial charge is 0.407 e. The lowest BCUT2D eigenvalue weighted by Gasteiger charge is -2.31. The molecule has 2 aromatic rings. The van der Waals surface area contributed by atoms with E-state index in [0.29, 0.717) is 12.4 Å². The minimum atomic E-state index is -3.98. The first kappa shape index (κ1) is 28.9. The molecular weight excluding hydrogens is 496 g/mol. The van der Waals surface area contributed by atoms with Crippen LogP contribution in [0.4, 0.5) is 4.79 Å². The van der Waals surface area contributed by atoms with Gasteiger partial charge >= 0.3 is 6.09 Å². The third-order valence-electron chi connectivity index (χ3n) is 5.98. The fraction of sp³-hybridized carbons (Fsp3) is 0.519. The molecule has 0 aromatic heterocycles. The molecule has 0 bridgehead atoms. The fourth-order valence-corrected chi connectivity index (χ4v) is 5.62. The summed E-state index contributed by atoms with van der Waals surface area (Å²) in [6.07, 6.45) is -0.309. The Kier molecular flexibility index (Phi) is 9.94. The van der Waals surface area contributed by atoms with Crippen LogP contribution < -0.4 is 10.1 Å². The molecule has 0 aliphatic carbocycles. The van der Waals surface area contributed by atoms with Crippen molar-refractivity contribution >= 4 is 16.1 Å². The number of carbonyl (C=O) groups excluding carboxylic acids is 1. The highest BCUT2D eigenvalue weighted by Gasteiger charge is 2.34. The lowest BCUT2D eigenvalue weighted by molar-refractivity contribution is 0.0373. The molecule has 0 radical (unpaired) electrons. The summed E-state index contributed by atoms with van der Waals surface area (Å²) >= 11 is 0. The van der Waals surface area contributed by atoms with Crippen molar-refractivity contribution in [3.8, 4) is 5.75 Å². The molecule has 2 N–H and O–H groups in total. The molecule has 1 heterocycles. The zero-order valence-electron chi connectivity index (χ0n) is 21.9.